The monoisotopic (exact) mass is 450 g/mol. The first-order valence-corrected chi connectivity index (χ1v) is 9.10. The minimum atomic E-state index is 0. The van der Waals surface area contributed by atoms with Crippen LogP contribution in [-0.4, -0.2) is 50.3 Å². The van der Waals surface area contributed by atoms with Gasteiger partial charge in [0.15, 0.2) is 5.96 Å². The number of thiophene rings is 1. The number of hydrogen-bond acceptors (Lipinski definition) is 4. The lowest BCUT2D eigenvalue weighted by Gasteiger charge is -2.33. The van der Waals surface area contributed by atoms with Gasteiger partial charge in [-0.1, -0.05) is 12.5 Å². The lowest BCUT2D eigenvalue weighted by atomic mass is 9.85. The SMILES string of the molecule is I.NC(=NCC(c1cccs1)N1CCOCC1)NCC1CCC1. The molecule has 1 aliphatic carbocycles. The highest BCUT2D eigenvalue weighted by Gasteiger charge is 2.23. The van der Waals surface area contributed by atoms with Crippen LogP contribution >= 0.6 is 35.3 Å². The Kier molecular flexibility index (Phi) is 8.08. The van der Waals surface area contributed by atoms with Crippen molar-refractivity contribution < 1.29 is 4.74 Å². The lowest BCUT2D eigenvalue weighted by Crippen LogP contribution is -2.41. The highest BCUT2D eigenvalue weighted by Crippen LogP contribution is 2.26. The minimum absolute atomic E-state index is 0. The Morgan fingerprint density at radius 2 is 2.22 bits per heavy atom. The number of ether oxygens (including phenoxy) is 1. The maximum Gasteiger partial charge on any atom is 0.188 e. The highest BCUT2D eigenvalue weighted by molar-refractivity contribution is 14.0. The maximum absolute atomic E-state index is 6.03. The van der Waals surface area contributed by atoms with Gasteiger partial charge in [-0.3, -0.25) is 9.89 Å². The van der Waals surface area contributed by atoms with Crippen LogP contribution < -0.4 is 11.1 Å². The molecule has 1 unspecified atom stereocenters. The number of hydrogen-bond donors (Lipinski definition) is 2. The fourth-order valence-corrected chi connectivity index (χ4v) is 3.79. The number of nitrogens with two attached hydrogens (primary N) is 1. The van der Waals surface area contributed by atoms with Crippen molar-refractivity contribution in [1.82, 2.24) is 10.2 Å². The molecule has 0 aromatic carbocycles. The maximum atomic E-state index is 6.03. The Labute approximate surface area is 159 Å². The van der Waals surface area contributed by atoms with Crippen molar-refractivity contribution in [2.75, 3.05) is 39.4 Å². The first-order valence-electron chi connectivity index (χ1n) is 8.22. The zero-order valence-corrected chi connectivity index (χ0v) is 16.6. The molecule has 0 spiro atoms. The molecule has 1 aliphatic heterocycles. The van der Waals surface area contributed by atoms with Crippen molar-refractivity contribution in [3.8, 4) is 0 Å². The van der Waals surface area contributed by atoms with Gasteiger partial charge < -0.3 is 15.8 Å². The summed E-state index contributed by atoms with van der Waals surface area (Å²) in [5, 5.41) is 5.41. The second-order valence-corrected chi connectivity index (χ2v) is 7.06. The molecule has 130 valence electrons. The number of nitrogens with one attached hydrogen (secondary N) is 1. The number of morpholine rings is 1. The molecule has 7 heteroatoms. The fourth-order valence-electron chi connectivity index (χ4n) is 2.94. The van der Waals surface area contributed by atoms with Gasteiger partial charge in [0.25, 0.3) is 0 Å². The van der Waals surface area contributed by atoms with Crippen molar-refractivity contribution in [3.05, 3.63) is 22.4 Å². The van der Waals surface area contributed by atoms with Crippen LogP contribution in [0.2, 0.25) is 0 Å². The Hall–Kier alpha value is -0.380. The van der Waals surface area contributed by atoms with Gasteiger partial charge in [0, 0.05) is 24.5 Å². The van der Waals surface area contributed by atoms with E-state index < -0.39 is 0 Å². The molecule has 1 atom stereocenters. The van der Waals surface area contributed by atoms with Crippen LogP contribution in [0.1, 0.15) is 30.2 Å². The van der Waals surface area contributed by atoms with Gasteiger partial charge in [0.05, 0.1) is 25.8 Å². The molecule has 2 aliphatic rings. The summed E-state index contributed by atoms with van der Waals surface area (Å²) in [5.74, 6) is 1.38. The molecule has 0 amide bonds. The van der Waals surface area contributed by atoms with E-state index in [1.54, 1.807) is 11.3 Å². The standard InChI is InChI=1S/C16H26N4OS.HI/c17-16(18-11-13-3-1-4-13)19-12-14(15-5-2-10-22-15)20-6-8-21-9-7-20;/h2,5,10,13-14H,1,3-4,6-9,11-12H2,(H3,17,18,19);1H. The van der Waals surface area contributed by atoms with Gasteiger partial charge in [-0.2, -0.15) is 0 Å². The average molecular weight is 450 g/mol. The Balaban J connectivity index is 0.00000192. The topological polar surface area (TPSA) is 62.9 Å². The summed E-state index contributed by atoms with van der Waals surface area (Å²) in [6.07, 6.45) is 4.01. The largest absolute Gasteiger partial charge is 0.379 e. The molecule has 0 bridgehead atoms. The average Bonchev–Trinajstić information content (AvgIpc) is 3.01. The Bertz CT molecular complexity index is 472. The summed E-state index contributed by atoms with van der Waals surface area (Å²) in [7, 11) is 0. The molecule has 5 nitrogen and oxygen atoms in total. The first-order chi connectivity index (χ1) is 10.8. The van der Waals surface area contributed by atoms with E-state index in [1.807, 2.05) is 0 Å². The van der Waals surface area contributed by atoms with Crippen molar-refractivity contribution in [1.29, 1.82) is 0 Å². The summed E-state index contributed by atoms with van der Waals surface area (Å²) in [5.41, 5.74) is 6.03. The summed E-state index contributed by atoms with van der Waals surface area (Å²) in [4.78, 5) is 8.41. The zero-order chi connectivity index (χ0) is 15.2. The molecule has 1 saturated heterocycles. The molecule has 1 aromatic heterocycles. The van der Waals surface area contributed by atoms with E-state index in [0.717, 1.165) is 38.8 Å². The van der Waals surface area contributed by atoms with Gasteiger partial charge in [-0.25, -0.2) is 0 Å². The van der Waals surface area contributed by atoms with Crippen molar-refractivity contribution in [2.45, 2.75) is 25.3 Å². The predicted molar refractivity (Wildman–Crippen MR) is 107 cm³/mol. The van der Waals surface area contributed by atoms with E-state index in [2.05, 4.69) is 32.7 Å². The third-order valence-electron chi connectivity index (χ3n) is 4.59. The van der Waals surface area contributed by atoms with Crippen LogP contribution in [-0.2, 0) is 4.74 Å². The highest BCUT2D eigenvalue weighted by atomic mass is 127. The molecular weight excluding hydrogens is 423 g/mol. The molecule has 23 heavy (non-hydrogen) atoms. The van der Waals surface area contributed by atoms with Crippen LogP contribution in [0, 0.1) is 5.92 Å². The van der Waals surface area contributed by atoms with E-state index in [9.17, 15) is 0 Å². The molecule has 1 aromatic rings. The number of halogens is 1. The third-order valence-corrected chi connectivity index (χ3v) is 5.56. The normalized spacial score (nSPS) is 21.3. The molecule has 3 rings (SSSR count). The van der Waals surface area contributed by atoms with Crippen LogP contribution in [0.3, 0.4) is 0 Å². The summed E-state index contributed by atoms with van der Waals surface area (Å²) in [6.45, 7) is 5.23. The quantitative estimate of drug-likeness (QED) is 0.397. The van der Waals surface area contributed by atoms with E-state index in [4.69, 9.17) is 10.5 Å². The Morgan fingerprint density at radius 3 is 2.83 bits per heavy atom. The van der Waals surface area contributed by atoms with Crippen molar-refractivity contribution in [3.63, 3.8) is 0 Å². The number of nitrogens with zero attached hydrogens (tertiary/aromatic N) is 2. The Morgan fingerprint density at radius 1 is 1.43 bits per heavy atom. The van der Waals surface area contributed by atoms with Gasteiger partial charge in [-0.05, 0) is 30.2 Å². The lowest BCUT2D eigenvalue weighted by molar-refractivity contribution is 0.0187. The van der Waals surface area contributed by atoms with Crippen LogP contribution in [0.4, 0.5) is 0 Å². The predicted octanol–water partition coefficient (Wildman–Crippen LogP) is 2.44. The van der Waals surface area contributed by atoms with Gasteiger partial charge >= 0.3 is 0 Å². The number of rotatable bonds is 6. The third kappa shape index (κ3) is 5.58. The first kappa shape index (κ1) is 19.0. The van der Waals surface area contributed by atoms with Gasteiger partial charge in [0.2, 0.25) is 0 Å². The minimum Gasteiger partial charge on any atom is -0.379 e. The van der Waals surface area contributed by atoms with Crippen molar-refractivity contribution >= 4 is 41.3 Å². The summed E-state index contributed by atoms with van der Waals surface area (Å²) in [6, 6.07) is 4.61. The fraction of sp³-hybridized carbons (Fsp3) is 0.688. The molecular formula is C16H27IN4OS. The molecule has 1 saturated carbocycles. The number of guanidine groups is 1. The van der Waals surface area contributed by atoms with Crippen LogP contribution in [0.5, 0.6) is 0 Å². The van der Waals surface area contributed by atoms with Crippen LogP contribution in [0.25, 0.3) is 0 Å². The van der Waals surface area contributed by atoms with E-state index in [0.29, 0.717) is 18.5 Å². The summed E-state index contributed by atoms with van der Waals surface area (Å²) >= 11 is 1.79. The second-order valence-electron chi connectivity index (χ2n) is 6.08. The zero-order valence-electron chi connectivity index (χ0n) is 13.4. The van der Waals surface area contributed by atoms with E-state index in [1.165, 1.54) is 24.1 Å². The molecule has 2 heterocycles. The van der Waals surface area contributed by atoms with Crippen LogP contribution in [0.15, 0.2) is 22.5 Å². The molecule has 3 N–H and O–H groups in total. The van der Waals surface area contributed by atoms with E-state index in [-0.39, 0.29) is 24.0 Å². The molecule has 2 fully saturated rings. The summed E-state index contributed by atoms with van der Waals surface area (Å²) < 4.78 is 5.47. The smallest absolute Gasteiger partial charge is 0.188 e. The van der Waals surface area contributed by atoms with E-state index >= 15 is 0 Å². The number of aliphatic imine (C=N–C) groups is 1. The van der Waals surface area contributed by atoms with Crippen molar-refractivity contribution in [2.24, 2.45) is 16.6 Å². The second kappa shape index (κ2) is 9.80. The van der Waals surface area contributed by atoms with Gasteiger partial charge in [0.1, 0.15) is 0 Å². The molecule has 0 radical (unpaired) electrons. The van der Waals surface area contributed by atoms with Gasteiger partial charge in [-0.15, -0.1) is 35.3 Å².